The molecule has 0 spiro atoms. The number of anilines is 1. The molecule has 0 saturated heterocycles. The normalized spacial score (nSPS) is 10.8. The number of amides is 1. The van der Waals surface area contributed by atoms with Crippen molar-refractivity contribution in [1.82, 2.24) is 9.55 Å². The monoisotopic (exact) mass is 381 g/mol. The first kappa shape index (κ1) is 19.2. The molecule has 0 aliphatic carbocycles. The number of methoxy groups -OCH3 is 1. The minimum Gasteiger partial charge on any atom is -0.493 e. The van der Waals surface area contributed by atoms with Crippen LogP contribution in [0.1, 0.15) is 12.5 Å². The highest BCUT2D eigenvalue weighted by molar-refractivity contribution is 6.02. The Morgan fingerprint density at radius 2 is 2.11 bits per heavy atom. The van der Waals surface area contributed by atoms with E-state index in [2.05, 4.69) is 10.3 Å². The molecule has 0 aliphatic heterocycles. The number of aromatic nitrogens is 2. The minimum absolute atomic E-state index is 0.354. The van der Waals surface area contributed by atoms with E-state index in [0.717, 1.165) is 5.56 Å². The zero-order valence-electron chi connectivity index (χ0n) is 15.6. The quantitative estimate of drug-likeness (QED) is 0.627. The topological polar surface area (TPSA) is 65.4 Å². The van der Waals surface area contributed by atoms with Gasteiger partial charge < -0.3 is 19.4 Å². The fourth-order valence-electron chi connectivity index (χ4n) is 2.62. The Labute approximate surface area is 162 Å². The average molecular weight is 381 g/mol. The number of carbonyl (C=O) groups excluding carboxylic acids is 1. The van der Waals surface area contributed by atoms with Crippen LogP contribution in [0.3, 0.4) is 0 Å². The molecule has 0 aliphatic rings. The summed E-state index contributed by atoms with van der Waals surface area (Å²) in [6, 6.07) is 9.84. The molecule has 0 fully saturated rings. The van der Waals surface area contributed by atoms with Gasteiger partial charge in [0.1, 0.15) is 5.82 Å². The van der Waals surface area contributed by atoms with Crippen LogP contribution in [0.4, 0.5) is 10.1 Å². The average Bonchev–Trinajstić information content (AvgIpc) is 3.21. The second-order valence-corrected chi connectivity index (χ2v) is 5.80. The molecule has 1 amide bonds. The van der Waals surface area contributed by atoms with Crippen LogP contribution < -0.4 is 14.8 Å². The number of hydrogen-bond acceptors (Lipinski definition) is 4. The third-order valence-electron chi connectivity index (χ3n) is 3.91. The van der Waals surface area contributed by atoms with E-state index in [0.29, 0.717) is 29.5 Å². The van der Waals surface area contributed by atoms with Gasteiger partial charge in [-0.1, -0.05) is 6.07 Å². The number of ether oxygens (including phenoxy) is 2. The van der Waals surface area contributed by atoms with Crippen molar-refractivity contribution in [2.75, 3.05) is 19.0 Å². The Morgan fingerprint density at radius 3 is 2.79 bits per heavy atom. The number of halogens is 1. The molecule has 0 unspecified atom stereocenters. The highest BCUT2D eigenvalue weighted by atomic mass is 19.1. The van der Waals surface area contributed by atoms with E-state index >= 15 is 0 Å². The Bertz CT molecular complexity index is 985. The predicted molar refractivity (Wildman–Crippen MR) is 105 cm³/mol. The molecule has 0 atom stereocenters. The lowest BCUT2D eigenvalue weighted by atomic mass is 10.2. The van der Waals surface area contributed by atoms with E-state index < -0.39 is 5.82 Å². The van der Waals surface area contributed by atoms with Gasteiger partial charge in [-0.25, -0.2) is 9.37 Å². The molecular formula is C21H20FN3O3. The molecule has 1 aromatic heterocycles. The summed E-state index contributed by atoms with van der Waals surface area (Å²) in [5.74, 6) is 0.390. The summed E-state index contributed by atoms with van der Waals surface area (Å²) >= 11 is 0. The van der Waals surface area contributed by atoms with Crippen molar-refractivity contribution in [3.8, 4) is 17.2 Å². The van der Waals surface area contributed by atoms with Crippen molar-refractivity contribution in [3.63, 3.8) is 0 Å². The standard InChI is InChI=1S/C21H20FN3O3/c1-3-28-20-12-15(4-8-19(20)27-2)5-9-21(26)24-16-6-7-18(17(22)13-16)25-11-10-23-14-25/h4-14H,3H2,1-2H3,(H,24,26). The van der Waals surface area contributed by atoms with E-state index in [-0.39, 0.29) is 5.91 Å². The van der Waals surface area contributed by atoms with Crippen molar-refractivity contribution in [1.29, 1.82) is 0 Å². The van der Waals surface area contributed by atoms with Crippen LogP contribution in [0.15, 0.2) is 61.2 Å². The van der Waals surface area contributed by atoms with Crippen molar-refractivity contribution >= 4 is 17.7 Å². The Morgan fingerprint density at radius 1 is 1.25 bits per heavy atom. The van der Waals surface area contributed by atoms with Gasteiger partial charge in [0, 0.05) is 24.2 Å². The molecule has 6 nitrogen and oxygen atoms in total. The first-order chi connectivity index (χ1) is 13.6. The number of benzene rings is 2. The van der Waals surface area contributed by atoms with E-state index in [4.69, 9.17) is 9.47 Å². The Balaban J connectivity index is 1.68. The van der Waals surface area contributed by atoms with E-state index in [1.54, 1.807) is 54.4 Å². The summed E-state index contributed by atoms with van der Waals surface area (Å²) in [6.45, 7) is 2.39. The third-order valence-corrected chi connectivity index (χ3v) is 3.91. The summed E-state index contributed by atoms with van der Waals surface area (Å²) in [4.78, 5) is 16.0. The van der Waals surface area contributed by atoms with Crippen LogP contribution in [0.5, 0.6) is 11.5 Å². The number of rotatable bonds is 7. The first-order valence-electron chi connectivity index (χ1n) is 8.68. The van der Waals surface area contributed by atoms with Crippen LogP contribution in [0.2, 0.25) is 0 Å². The van der Waals surface area contributed by atoms with Gasteiger partial charge in [-0.15, -0.1) is 0 Å². The summed E-state index contributed by atoms with van der Waals surface area (Å²) < 4.78 is 26.6. The van der Waals surface area contributed by atoms with Gasteiger partial charge in [0.15, 0.2) is 11.5 Å². The maximum Gasteiger partial charge on any atom is 0.248 e. The van der Waals surface area contributed by atoms with Crippen LogP contribution >= 0.6 is 0 Å². The van der Waals surface area contributed by atoms with E-state index in [1.807, 2.05) is 13.0 Å². The zero-order chi connectivity index (χ0) is 19.9. The van der Waals surface area contributed by atoms with Crippen molar-refractivity contribution in [2.45, 2.75) is 6.92 Å². The predicted octanol–water partition coefficient (Wildman–Crippen LogP) is 4.07. The number of carbonyl (C=O) groups is 1. The maximum atomic E-state index is 14.3. The first-order valence-corrected chi connectivity index (χ1v) is 8.68. The van der Waals surface area contributed by atoms with Gasteiger partial charge in [-0.2, -0.15) is 0 Å². The SMILES string of the molecule is CCOc1cc(C=CC(=O)Nc2ccc(-n3ccnc3)c(F)c2)ccc1OC. The van der Waals surface area contributed by atoms with Crippen LogP contribution in [-0.2, 0) is 4.79 Å². The van der Waals surface area contributed by atoms with Crippen molar-refractivity contribution in [2.24, 2.45) is 0 Å². The fourth-order valence-corrected chi connectivity index (χ4v) is 2.62. The molecule has 0 saturated carbocycles. The number of nitrogens with one attached hydrogen (secondary N) is 1. The largest absolute Gasteiger partial charge is 0.493 e. The lowest BCUT2D eigenvalue weighted by Crippen LogP contribution is -2.08. The van der Waals surface area contributed by atoms with Gasteiger partial charge in [0.2, 0.25) is 5.91 Å². The van der Waals surface area contributed by atoms with E-state index in [1.165, 1.54) is 18.5 Å². The van der Waals surface area contributed by atoms with Gasteiger partial charge in [-0.3, -0.25) is 4.79 Å². The lowest BCUT2D eigenvalue weighted by Gasteiger charge is -2.09. The highest BCUT2D eigenvalue weighted by Crippen LogP contribution is 2.28. The minimum atomic E-state index is -0.462. The zero-order valence-corrected chi connectivity index (χ0v) is 15.6. The van der Waals surface area contributed by atoms with Gasteiger partial charge in [0.25, 0.3) is 0 Å². The summed E-state index contributed by atoms with van der Waals surface area (Å²) in [6.07, 6.45) is 7.73. The second-order valence-electron chi connectivity index (χ2n) is 5.80. The fraction of sp³-hybridized carbons (Fsp3) is 0.143. The van der Waals surface area contributed by atoms with Crippen molar-refractivity contribution < 1.29 is 18.7 Å². The van der Waals surface area contributed by atoms with Gasteiger partial charge >= 0.3 is 0 Å². The molecule has 7 heteroatoms. The van der Waals surface area contributed by atoms with Gasteiger partial charge in [-0.05, 0) is 48.9 Å². The number of nitrogens with zero attached hydrogens (tertiary/aromatic N) is 2. The van der Waals surface area contributed by atoms with Crippen LogP contribution in [0.25, 0.3) is 11.8 Å². The molecule has 0 radical (unpaired) electrons. The molecule has 1 N–H and O–H groups in total. The smallest absolute Gasteiger partial charge is 0.248 e. The third kappa shape index (κ3) is 4.56. The lowest BCUT2D eigenvalue weighted by molar-refractivity contribution is -0.111. The molecule has 144 valence electrons. The number of imidazole rings is 1. The van der Waals surface area contributed by atoms with Crippen LogP contribution in [-0.4, -0.2) is 29.2 Å². The second kappa shape index (κ2) is 8.85. The van der Waals surface area contributed by atoms with E-state index in [9.17, 15) is 9.18 Å². The van der Waals surface area contributed by atoms with Gasteiger partial charge in [0.05, 0.1) is 25.7 Å². The molecule has 3 aromatic rings. The molecule has 2 aromatic carbocycles. The highest BCUT2D eigenvalue weighted by Gasteiger charge is 2.07. The molecule has 0 bridgehead atoms. The number of hydrogen-bond donors (Lipinski definition) is 1. The summed E-state index contributed by atoms with van der Waals surface area (Å²) in [5, 5.41) is 2.64. The molecule has 28 heavy (non-hydrogen) atoms. The summed E-state index contributed by atoms with van der Waals surface area (Å²) in [7, 11) is 1.57. The molecular weight excluding hydrogens is 361 g/mol. The van der Waals surface area contributed by atoms with Crippen molar-refractivity contribution in [3.05, 3.63) is 72.6 Å². The maximum absolute atomic E-state index is 14.3. The summed E-state index contributed by atoms with van der Waals surface area (Å²) in [5.41, 5.74) is 1.49. The molecule has 1 heterocycles. The Kier molecular flexibility index (Phi) is 6.06. The van der Waals surface area contributed by atoms with Crippen LogP contribution in [0, 0.1) is 5.82 Å². The molecule has 3 rings (SSSR count). The Hall–Kier alpha value is -3.61.